The van der Waals surface area contributed by atoms with Crippen molar-refractivity contribution in [3.8, 4) is 17.2 Å². The predicted molar refractivity (Wildman–Crippen MR) is 135 cm³/mol. The Kier molecular flexibility index (Phi) is 8.64. The second kappa shape index (κ2) is 12.3. The van der Waals surface area contributed by atoms with Gasteiger partial charge in [-0.1, -0.05) is 36.4 Å². The van der Waals surface area contributed by atoms with E-state index >= 15 is 0 Å². The van der Waals surface area contributed by atoms with E-state index in [0.29, 0.717) is 24.7 Å². The Morgan fingerprint density at radius 3 is 2.38 bits per heavy atom. The number of oxazole rings is 1. The van der Waals surface area contributed by atoms with Crippen LogP contribution in [-0.2, 0) is 28.9 Å². The molecule has 0 aliphatic carbocycles. The van der Waals surface area contributed by atoms with Crippen molar-refractivity contribution in [1.29, 1.82) is 0 Å². The Bertz CT molecular complexity index is 1300. The maximum absolute atomic E-state index is 13.9. The van der Waals surface area contributed by atoms with E-state index in [2.05, 4.69) is 10.3 Å². The molecule has 0 aliphatic rings. The molecule has 4 aromatic rings. The number of aryl methyl sites for hydroxylation is 1. The number of carbonyl (C=O) groups excluding carboxylic acids is 1. The fourth-order valence-electron chi connectivity index (χ4n) is 3.89. The Hall–Kier alpha value is -4.04. The summed E-state index contributed by atoms with van der Waals surface area (Å²) in [4.78, 5) is 16.8. The summed E-state index contributed by atoms with van der Waals surface area (Å²) in [7, 11) is 1.27. The summed E-state index contributed by atoms with van der Waals surface area (Å²) in [6.45, 7) is 2.16. The smallest absolute Gasteiger partial charge is 0.323 e. The van der Waals surface area contributed by atoms with Crippen molar-refractivity contribution in [3.05, 3.63) is 107 Å². The molecule has 0 bridgehead atoms. The van der Waals surface area contributed by atoms with Gasteiger partial charge in [-0.25, -0.2) is 13.8 Å². The molecule has 37 heavy (non-hydrogen) atoms. The van der Waals surface area contributed by atoms with Crippen molar-refractivity contribution in [3.63, 3.8) is 0 Å². The molecular weight excluding hydrogens is 478 g/mol. The van der Waals surface area contributed by atoms with Gasteiger partial charge in [0.2, 0.25) is 5.89 Å². The Labute approximate surface area is 214 Å². The number of nitrogens with zero attached hydrogens (tertiary/aromatic N) is 1. The molecule has 0 unspecified atom stereocenters. The number of ether oxygens (including phenoxy) is 2. The molecule has 1 heterocycles. The minimum Gasteiger partial charge on any atom is -0.493 e. The number of hydrogen-bond donors (Lipinski definition) is 1. The molecule has 0 spiro atoms. The van der Waals surface area contributed by atoms with Gasteiger partial charge in [-0.15, -0.1) is 0 Å². The topological polar surface area (TPSA) is 73.6 Å². The maximum atomic E-state index is 13.9. The van der Waals surface area contributed by atoms with Crippen molar-refractivity contribution in [2.45, 2.75) is 32.4 Å². The van der Waals surface area contributed by atoms with Crippen LogP contribution in [0.4, 0.5) is 8.78 Å². The fraction of sp³-hybridized carbons (Fsp3) is 0.241. The van der Waals surface area contributed by atoms with Crippen molar-refractivity contribution in [2.24, 2.45) is 0 Å². The highest BCUT2D eigenvalue weighted by atomic mass is 19.1. The van der Waals surface area contributed by atoms with Crippen LogP contribution in [-0.4, -0.2) is 30.7 Å². The van der Waals surface area contributed by atoms with Crippen molar-refractivity contribution in [1.82, 2.24) is 10.3 Å². The fourth-order valence-corrected chi connectivity index (χ4v) is 3.89. The van der Waals surface area contributed by atoms with Crippen molar-refractivity contribution in [2.75, 3.05) is 13.7 Å². The van der Waals surface area contributed by atoms with E-state index in [1.54, 1.807) is 0 Å². The number of carbonyl (C=O) groups is 1. The van der Waals surface area contributed by atoms with Gasteiger partial charge < -0.3 is 13.9 Å². The molecule has 0 amide bonds. The molecule has 1 N–H and O–H groups in total. The Morgan fingerprint density at radius 1 is 1.00 bits per heavy atom. The maximum Gasteiger partial charge on any atom is 0.323 e. The number of rotatable bonds is 11. The number of nitrogens with one attached hydrogen (secondary N) is 1. The Balaban J connectivity index is 1.32. The first-order valence-corrected chi connectivity index (χ1v) is 11.9. The molecule has 192 valence electrons. The number of methoxy groups -OCH3 is 1. The molecule has 6 nitrogen and oxygen atoms in total. The van der Waals surface area contributed by atoms with E-state index in [4.69, 9.17) is 13.9 Å². The summed E-state index contributed by atoms with van der Waals surface area (Å²) in [6, 6.07) is 19.9. The zero-order valence-corrected chi connectivity index (χ0v) is 20.7. The van der Waals surface area contributed by atoms with Crippen LogP contribution in [0.5, 0.6) is 5.75 Å². The van der Waals surface area contributed by atoms with Crippen LogP contribution < -0.4 is 10.1 Å². The minimum atomic E-state index is -0.773. The van der Waals surface area contributed by atoms with E-state index in [9.17, 15) is 13.6 Å². The third-order valence-corrected chi connectivity index (χ3v) is 5.96. The summed E-state index contributed by atoms with van der Waals surface area (Å²) >= 11 is 0. The average molecular weight is 507 g/mol. The highest BCUT2D eigenvalue weighted by molar-refractivity contribution is 5.76. The van der Waals surface area contributed by atoms with Gasteiger partial charge in [0.25, 0.3) is 0 Å². The quantitative estimate of drug-likeness (QED) is 0.274. The lowest BCUT2D eigenvalue weighted by atomic mass is 10.1. The summed E-state index contributed by atoms with van der Waals surface area (Å²) in [5.74, 6) is 0.155. The minimum absolute atomic E-state index is 0.126. The van der Waals surface area contributed by atoms with Crippen LogP contribution in [0.2, 0.25) is 0 Å². The van der Waals surface area contributed by atoms with E-state index in [1.807, 2.05) is 61.5 Å². The van der Waals surface area contributed by atoms with Gasteiger partial charge in [0.15, 0.2) is 0 Å². The standard InChI is InChI=1S/C29H28F2N2O4/c1-19-26(33-28(37-19)21-7-4-3-5-8-21)15-16-36-22-13-11-20(12-14-22)17-27(29(34)35-2)32-18-23-24(30)9-6-10-25(23)31/h3-14,27,32H,15-18H2,1-2H3/t27-/m0/s1. The molecule has 8 heteroatoms. The highest BCUT2D eigenvalue weighted by Gasteiger charge is 2.21. The van der Waals surface area contributed by atoms with E-state index in [0.717, 1.165) is 22.6 Å². The third-order valence-electron chi connectivity index (χ3n) is 5.96. The molecule has 0 fully saturated rings. The monoisotopic (exact) mass is 506 g/mol. The van der Waals surface area contributed by atoms with Gasteiger partial charge in [0.1, 0.15) is 29.2 Å². The van der Waals surface area contributed by atoms with Crippen LogP contribution in [0, 0.1) is 18.6 Å². The van der Waals surface area contributed by atoms with Gasteiger partial charge in [-0.2, -0.15) is 0 Å². The molecule has 4 rings (SSSR count). The number of aromatic nitrogens is 1. The van der Waals surface area contributed by atoms with Crippen molar-refractivity contribution >= 4 is 5.97 Å². The molecule has 1 aromatic heterocycles. The molecule has 0 saturated heterocycles. The van der Waals surface area contributed by atoms with Crippen molar-refractivity contribution < 1.29 is 27.5 Å². The van der Waals surface area contributed by atoms with Gasteiger partial charge in [0, 0.05) is 24.1 Å². The molecule has 3 aromatic carbocycles. The van der Waals surface area contributed by atoms with Crippen LogP contribution in [0.25, 0.3) is 11.5 Å². The first-order valence-electron chi connectivity index (χ1n) is 11.9. The first-order chi connectivity index (χ1) is 17.9. The lowest BCUT2D eigenvalue weighted by Crippen LogP contribution is -2.39. The van der Waals surface area contributed by atoms with E-state index < -0.39 is 23.6 Å². The van der Waals surface area contributed by atoms with Crippen LogP contribution in [0.15, 0.2) is 77.2 Å². The number of halogens is 2. The van der Waals surface area contributed by atoms with Crippen LogP contribution in [0.3, 0.4) is 0 Å². The normalized spacial score (nSPS) is 11.8. The number of esters is 1. The van der Waals surface area contributed by atoms with Gasteiger partial charge >= 0.3 is 5.97 Å². The van der Waals surface area contributed by atoms with Gasteiger partial charge in [-0.3, -0.25) is 10.1 Å². The molecular formula is C29H28F2N2O4. The summed E-state index contributed by atoms with van der Waals surface area (Å²) < 4.78 is 44.4. The zero-order valence-electron chi connectivity index (χ0n) is 20.7. The zero-order chi connectivity index (χ0) is 26.2. The SMILES string of the molecule is COC(=O)[C@H](Cc1ccc(OCCc2nc(-c3ccccc3)oc2C)cc1)NCc1c(F)cccc1F. The Morgan fingerprint density at radius 2 is 1.70 bits per heavy atom. The second-order valence-corrected chi connectivity index (χ2v) is 8.49. The predicted octanol–water partition coefficient (Wildman–Crippen LogP) is 5.42. The molecule has 0 saturated carbocycles. The molecule has 1 atom stereocenters. The highest BCUT2D eigenvalue weighted by Crippen LogP contribution is 2.22. The third kappa shape index (κ3) is 6.80. The van der Waals surface area contributed by atoms with Crippen LogP contribution >= 0.6 is 0 Å². The van der Waals surface area contributed by atoms with Crippen LogP contribution in [0.1, 0.15) is 22.6 Å². The molecule has 0 radical (unpaired) electrons. The van der Waals surface area contributed by atoms with Gasteiger partial charge in [-0.05, 0) is 55.3 Å². The number of benzene rings is 3. The van der Waals surface area contributed by atoms with E-state index in [-0.39, 0.29) is 18.5 Å². The first kappa shape index (κ1) is 26.0. The van der Waals surface area contributed by atoms with Gasteiger partial charge in [0.05, 0.1) is 19.4 Å². The van der Waals surface area contributed by atoms with E-state index in [1.165, 1.54) is 25.3 Å². The number of hydrogen-bond acceptors (Lipinski definition) is 6. The average Bonchev–Trinajstić information content (AvgIpc) is 3.29. The summed E-state index contributed by atoms with van der Waals surface area (Å²) in [5.41, 5.74) is 2.48. The summed E-state index contributed by atoms with van der Waals surface area (Å²) in [6.07, 6.45) is 0.869. The lowest BCUT2D eigenvalue weighted by Gasteiger charge is -2.17. The second-order valence-electron chi connectivity index (χ2n) is 8.49. The lowest BCUT2D eigenvalue weighted by molar-refractivity contribution is -0.143. The summed E-state index contributed by atoms with van der Waals surface area (Å²) in [5, 5.41) is 2.90. The molecule has 0 aliphatic heterocycles. The largest absolute Gasteiger partial charge is 0.493 e.